The molecule has 34 heavy (non-hydrogen) atoms. The molecule has 5 aromatic heterocycles. The zero-order chi connectivity index (χ0) is 23.1. The molecule has 6 rings (SSSR count). The molecule has 0 unspecified atom stereocenters. The third-order valence-electron chi connectivity index (χ3n) is 6.36. The molecule has 0 amide bonds. The number of imidazole rings is 1. The van der Waals surface area contributed by atoms with Crippen LogP contribution in [0.15, 0.2) is 73.7 Å². The summed E-state index contributed by atoms with van der Waals surface area (Å²) in [5, 5.41) is 8.67. The average molecular weight is 455 g/mol. The Balaban J connectivity index is 1.16. The molecule has 1 fully saturated rings. The van der Waals surface area contributed by atoms with Gasteiger partial charge in [0.15, 0.2) is 0 Å². The molecule has 0 spiro atoms. The maximum Gasteiger partial charge on any atom is 0.137 e. The summed E-state index contributed by atoms with van der Waals surface area (Å²) >= 11 is 0. The fraction of sp³-hybridized carbons (Fsp3) is 0.280. The van der Waals surface area contributed by atoms with Crippen LogP contribution in [0, 0.1) is 0 Å². The topological polar surface area (TPSA) is 78.3 Å². The van der Waals surface area contributed by atoms with Crippen LogP contribution in [0.1, 0.15) is 18.2 Å². The highest BCUT2D eigenvalue weighted by Crippen LogP contribution is 2.25. The van der Waals surface area contributed by atoms with Gasteiger partial charge in [0.1, 0.15) is 11.3 Å². The van der Waals surface area contributed by atoms with Crippen molar-refractivity contribution in [1.29, 1.82) is 0 Å². The highest BCUT2D eigenvalue weighted by atomic mass is 16.5. The lowest BCUT2D eigenvalue weighted by Crippen LogP contribution is -2.60. The Morgan fingerprint density at radius 3 is 2.71 bits per heavy atom. The van der Waals surface area contributed by atoms with Gasteiger partial charge in [0.2, 0.25) is 0 Å². The summed E-state index contributed by atoms with van der Waals surface area (Å²) in [4.78, 5) is 11.5. The predicted molar refractivity (Wildman–Crippen MR) is 128 cm³/mol. The summed E-state index contributed by atoms with van der Waals surface area (Å²) in [5.74, 6) is 0. The van der Waals surface area contributed by atoms with Gasteiger partial charge in [-0.15, -0.1) is 5.10 Å². The van der Waals surface area contributed by atoms with Crippen LogP contribution in [0.25, 0.3) is 22.6 Å². The SMILES string of the molecule is COC1(C)CN(Cc2ccc3nc(Cn4cc(-c5cncc(-n6cccc6)c5)nn4)cn3c2)C1. The Morgan fingerprint density at radius 1 is 1.03 bits per heavy atom. The summed E-state index contributed by atoms with van der Waals surface area (Å²) < 4.78 is 11.5. The van der Waals surface area contributed by atoms with Crippen LogP contribution in [0.2, 0.25) is 0 Å². The van der Waals surface area contributed by atoms with E-state index in [4.69, 9.17) is 9.72 Å². The van der Waals surface area contributed by atoms with Gasteiger partial charge in [-0.1, -0.05) is 11.3 Å². The Morgan fingerprint density at radius 2 is 1.88 bits per heavy atom. The molecule has 9 heteroatoms. The highest BCUT2D eigenvalue weighted by Gasteiger charge is 2.38. The smallest absolute Gasteiger partial charge is 0.137 e. The van der Waals surface area contributed by atoms with Gasteiger partial charge < -0.3 is 13.7 Å². The first kappa shape index (κ1) is 20.8. The number of aromatic nitrogens is 7. The van der Waals surface area contributed by atoms with E-state index < -0.39 is 0 Å². The van der Waals surface area contributed by atoms with Crippen molar-refractivity contribution in [3.63, 3.8) is 0 Å². The van der Waals surface area contributed by atoms with Gasteiger partial charge in [-0.05, 0) is 36.8 Å². The fourth-order valence-electron chi connectivity index (χ4n) is 4.55. The number of ether oxygens (including phenoxy) is 1. The molecule has 9 nitrogen and oxygen atoms in total. The Bertz CT molecular complexity index is 1430. The van der Waals surface area contributed by atoms with Crippen molar-refractivity contribution in [2.24, 2.45) is 0 Å². The van der Waals surface area contributed by atoms with Crippen molar-refractivity contribution < 1.29 is 4.74 Å². The van der Waals surface area contributed by atoms with Crippen molar-refractivity contribution in [3.05, 3.63) is 85.0 Å². The van der Waals surface area contributed by atoms with Gasteiger partial charge in [-0.25, -0.2) is 9.67 Å². The summed E-state index contributed by atoms with van der Waals surface area (Å²) in [5.41, 5.74) is 5.79. The third kappa shape index (κ3) is 4.00. The molecule has 6 heterocycles. The molecule has 1 saturated heterocycles. The molecule has 0 aliphatic carbocycles. The Hall–Kier alpha value is -3.82. The number of hydrogen-bond acceptors (Lipinski definition) is 6. The van der Waals surface area contributed by atoms with Gasteiger partial charge in [0.25, 0.3) is 0 Å². The van der Waals surface area contributed by atoms with E-state index in [0.29, 0.717) is 6.54 Å². The largest absolute Gasteiger partial charge is 0.376 e. The highest BCUT2D eigenvalue weighted by molar-refractivity contribution is 5.59. The minimum absolute atomic E-state index is 0.0113. The van der Waals surface area contributed by atoms with Gasteiger partial charge in [-0.3, -0.25) is 9.88 Å². The Labute approximate surface area is 197 Å². The lowest BCUT2D eigenvalue weighted by atomic mass is 9.96. The van der Waals surface area contributed by atoms with E-state index in [2.05, 4.69) is 62.1 Å². The minimum atomic E-state index is -0.0113. The molecular formula is C25H26N8O. The van der Waals surface area contributed by atoms with Crippen LogP contribution in [-0.2, 0) is 17.8 Å². The van der Waals surface area contributed by atoms with E-state index in [9.17, 15) is 0 Å². The molecule has 5 aromatic rings. The first-order chi connectivity index (χ1) is 16.6. The fourth-order valence-corrected chi connectivity index (χ4v) is 4.55. The molecule has 172 valence electrons. The minimum Gasteiger partial charge on any atom is -0.376 e. The first-order valence-electron chi connectivity index (χ1n) is 11.3. The van der Waals surface area contributed by atoms with E-state index >= 15 is 0 Å². The normalized spacial score (nSPS) is 15.6. The standard InChI is InChI=1S/C25H26N8O/c1-25(34-2)17-30(18-25)12-19-5-6-24-27-21(14-32(24)13-19)15-33-16-23(28-29-33)20-9-22(11-26-10-20)31-7-3-4-8-31/h3-11,13-14,16H,12,15,17-18H2,1-2H3. The first-order valence-corrected chi connectivity index (χ1v) is 11.3. The Kier molecular flexibility index (Phi) is 5.00. The molecule has 1 aliphatic rings. The number of methoxy groups -OCH3 is 1. The second-order valence-electron chi connectivity index (χ2n) is 9.16. The summed E-state index contributed by atoms with van der Waals surface area (Å²) in [6.07, 6.45) is 13.8. The van der Waals surface area contributed by atoms with Crippen molar-refractivity contribution >= 4 is 5.65 Å². The lowest BCUT2D eigenvalue weighted by molar-refractivity contribution is -0.114. The maximum atomic E-state index is 5.55. The van der Waals surface area contributed by atoms with Crippen LogP contribution in [0.3, 0.4) is 0 Å². The third-order valence-corrected chi connectivity index (χ3v) is 6.36. The van der Waals surface area contributed by atoms with Crippen LogP contribution in [0.4, 0.5) is 0 Å². The van der Waals surface area contributed by atoms with Crippen LogP contribution < -0.4 is 0 Å². The van der Waals surface area contributed by atoms with Gasteiger partial charge >= 0.3 is 0 Å². The average Bonchev–Trinajstić information content (AvgIpc) is 3.59. The van der Waals surface area contributed by atoms with Crippen molar-refractivity contribution in [2.45, 2.75) is 25.6 Å². The molecule has 0 atom stereocenters. The van der Waals surface area contributed by atoms with Gasteiger partial charge in [-0.2, -0.15) is 0 Å². The van der Waals surface area contributed by atoms with E-state index in [1.54, 1.807) is 13.3 Å². The number of rotatable bonds is 7. The van der Waals surface area contributed by atoms with Crippen LogP contribution in [-0.4, -0.2) is 64.6 Å². The number of likely N-dealkylation sites (tertiary alicyclic amines) is 1. The van der Waals surface area contributed by atoms with E-state index in [-0.39, 0.29) is 5.60 Å². The molecule has 0 radical (unpaired) electrons. The second-order valence-corrected chi connectivity index (χ2v) is 9.16. The lowest BCUT2D eigenvalue weighted by Gasteiger charge is -2.46. The summed E-state index contributed by atoms with van der Waals surface area (Å²) in [6, 6.07) is 10.2. The maximum absolute atomic E-state index is 5.55. The van der Waals surface area contributed by atoms with Gasteiger partial charge in [0.05, 0.1) is 35.9 Å². The van der Waals surface area contributed by atoms with E-state index in [1.165, 1.54) is 5.56 Å². The zero-order valence-electron chi connectivity index (χ0n) is 19.2. The van der Waals surface area contributed by atoms with E-state index in [0.717, 1.165) is 47.9 Å². The van der Waals surface area contributed by atoms with Gasteiger partial charge in [0, 0.05) is 63.3 Å². The predicted octanol–water partition coefficient (Wildman–Crippen LogP) is 3.05. The van der Waals surface area contributed by atoms with Crippen molar-refractivity contribution in [1.82, 2.24) is 38.8 Å². The molecule has 0 aromatic carbocycles. The van der Waals surface area contributed by atoms with Crippen LogP contribution >= 0.6 is 0 Å². The molecule has 1 aliphatic heterocycles. The summed E-state index contributed by atoms with van der Waals surface area (Å²) in [6.45, 7) is 5.52. The van der Waals surface area contributed by atoms with Crippen molar-refractivity contribution in [3.8, 4) is 16.9 Å². The van der Waals surface area contributed by atoms with E-state index in [1.807, 2.05) is 46.2 Å². The second kappa shape index (κ2) is 8.19. The molecular weight excluding hydrogens is 428 g/mol. The molecule has 0 saturated carbocycles. The van der Waals surface area contributed by atoms with Crippen molar-refractivity contribution in [2.75, 3.05) is 20.2 Å². The number of nitrogens with zero attached hydrogens (tertiary/aromatic N) is 8. The number of pyridine rings is 2. The monoisotopic (exact) mass is 454 g/mol. The number of hydrogen-bond donors (Lipinski definition) is 0. The van der Waals surface area contributed by atoms with Crippen LogP contribution in [0.5, 0.6) is 0 Å². The molecule has 0 N–H and O–H groups in total. The molecule has 0 bridgehead atoms. The zero-order valence-corrected chi connectivity index (χ0v) is 19.2. The quantitative estimate of drug-likeness (QED) is 0.376. The summed E-state index contributed by atoms with van der Waals surface area (Å²) in [7, 11) is 1.78. The number of fused-ring (bicyclic) bond motifs is 1.